The molecule has 0 radical (unpaired) electrons. The van der Waals surface area contributed by atoms with E-state index in [4.69, 9.17) is 4.74 Å². The largest absolute Gasteiger partial charge is 0.481 e. The second kappa shape index (κ2) is 6.82. The van der Waals surface area contributed by atoms with E-state index in [9.17, 15) is 9.59 Å². The number of Topliss-reactive ketones (excluding diaryl/α,β-unsaturated/α-hetero) is 1. The third-order valence-electron chi connectivity index (χ3n) is 4.31. The first-order valence-corrected chi connectivity index (χ1v) is 7.91. The van der Waals surface area contributed by atoms with Crippen molar-refractivity contribution in [1.82, 2.24) is 19.4 Å². The standard InChI is InChI=1S/C17H20N4O3/c1-20-9-7-19-16(20)15(22)13-4-3-8-21(11-13)17(23)12-5-6-18-14(10-12)24-2/h5-7,9-10,13H,3-4,8,11H2,1-2H3/t13-/m1/s1. The highest BCUT2D eigenvalue weighted by Gasteiger charge is 2.31. The van der Waals surface area contributed by atoms with E-state index >= 15 is 0 Å². The maximum absolute atomic E-state index is 12.7. The van der Waals surface area contributed by atoms with E-state index in [-0.39, 0.29) is 17.6 Å². The Hall–Kier alpha value is -2.70. The van der Waals surface area contributed by atoms with Gasteiger partial charge in [0.1, 0.15) is 0 Å². The molecule has 1 amide bonds. The number of nitrogens with zero attached hydrogens (tertiary/aromatic N) is 4. The van der Waals surface area contributed by atoms with Crippen LogP contribution in [0.3, 0.4) is 0 Å². The van der Waals surface area contributed by atoms with E-state index in [0.717, 1.165) is 12.8 Å². The van der Waals surface area contributed by atoms with Crippen molar-refractivity contribution in [3.05, 3.63) is 42.1 Å². The summed E-state index contributed by atoms with van der Waals surface area (Å²) in [5, 5.41) is 0. The summed E-state index contributed by atoms with van der Waals surface area (Å²) in [5.41, 5.74) is 0.520. The zero-order valence-corrected chi connectivity index (χ0v) is 13.8. The summed E-state index contributed by atoms with van der Waals surface area (Å²) in [6.45, 7) is 1.06. The third kappa shape index (κ3) is 3.15. The Labute approximate surface area is 140 Å². The zero-order valence-electron chi connectivity index (χ0n) is 13.8. The molecule has 2 aromatic heterocycles. The van der Waals surface area contributed by atoms with Gasteiger partial charge in [-0.2, -0.15) is 0 Å². The number of aryl methyl sites for hydroxylation is 1. The van der Waals surface area contributed by atoms with Crippen molar-refractivity contribution >= 4 is 11.7 Å². The van der Waals surface area contributed by atoms with Crippen LogP contribution in [-0.2, 0) is 7.05 Å². The van der Waals surface area contributed by atoms with Crippen LogP contribution in [0.2, 0.25) is 0 Å². The Balaban J connectivity index is 1.74. The van der Waals surface area contributed by atoms with Gasteiger partial charge in [-0.05, 0) is 18.9 Å². The van der Waals surface area contributed by atoms with Crippen molar-refractivity contribution in [2.45, 2.75) is 12.8 Å². The SMILES string of the molecule is COc1cc(C(=O)N2CCC[C@@H](C(=O)c3nccn3C)C2)ccn1. The number of likely N-dealkylation sites (tertiary alicyclic amines) is 1. The predicted molar refractivity (Wildman–Crippen MR) is 87.0 cm³/mol. The number of hydrogen-bond donors (Lipinski definition) is 0. The molecule has 0 spiro atoms. The lowest BCUT2D eigenvalue weighted by molar-refractivity contribution is 0.0632. The van der Waals surface area contributed by atoms with E-state index in [1.807, 2.05) is 0 Å². The molecule has 0 aliphatic carbocycles. The molecule has 0 saturated carbocycles. The molecule has 3 rings (SSSR count). The summed E-state index contributed by atoms with van der Waals surface area (Å²) in [6, 6.07) is 3.28. The molecule has 1 fully saturated rings. The lowest BCUT2D eigenvalue weighted by atomic mass is 9.93. The van der Waals surface area contributed by atoms with Crippen LogP contribution in [-0.4, -0.2) is 51.3 Å². The number of pyridine rings is 1. The maximum atomic E-state index is 12.7. The second-order valence-corrected chi connectivity index (χ2v) is 5.90. The molecule has 1 aliphatic heterocycles. The lowest BCUT2D eigenvalue weighted by Crippen LogP contribution is -2.42. The van der Waals surface area contributed by atoms with Crippen LogP contribution < -0.4 is 4.74 Å². The van der Waals surface area contributed by atoms with Crippen LogP contribution in [0.5, 0.6) is 5.88 Å². The van der Waals surface area contributed by atoms with Crippen LogP contribution in [0.15, 0.2) is 30.7 Å². The summed E-state index contributed by atoms with van der Waals surface area (Å²) in [6.07, 6.45) is 6.49. The van der Waals surface area contributed by atoms with Crippen LogP contribution in [0, 0.1) is 5.92 Å². The highest BCUT2D eigenvalue weighted by molar-refractivity contribution is 5.97. The number of ketones is 1. The van der Waals surface area contributed by atoms with Crippen molar-refractivity contribution in [3.63, 3.8) is 0 Å². The van der Waals surface area contributed by atoms with E-state index in [1.54, 1.807) is 47.2 Å². The molecule has 7 heteroatoms. The van der Waals surface area contributed by atoms with Crippen molar-refractivity contribution in [1.29, 1.82) is 0 Å². The second-order valence-electron chi connectivity index (χ2n) is 5.90. The molecule has 2 aromatic rings. The minimum atomic E-state index is -0.215. The molecule has 1 atom stereocenters. The first kappa shape index (κ1) is 16.2. The first-order valence-electron chi connectivity index (χ1n) is 7.91. The van der Waals surface area contributed by atoms with E-state index in [0.29, 0.717) is 30.4 Å². The quantitative estimate of drug-likeness (QED) is 0.796. The molecule has 7 nitrogen and oxygen atoms in total. The molecule has 0 unspecified atom stereocenters. The van der Waals surface area contributed by atoms with Crippen molar-refractivity contribution in [2.75, 3.05) is 20.2 Å². The topological polar surface area (TPSA) is 77.3 Å². The van der Waals surface area contributed by atoms with Gasteiger partial charge in [-0.15, -0.1) is 0 Å². The van der Waals surface area contributed by atoms with Gasteiger partial charge in [0.05, 0.1) is 7.11 Å². The minimum absolute atomic E-state index is 0.00712. The van der Waals surface area contributed by atoms with E-state index in [2.05, 4.69) is 9.97 Å². The van der Waals surface area contributed by atoms with Gasteiger partial charge < -0.3 is 14.2 Å². The fraction of sp³-hybridized carbons (Fsp3) is 0.412. The van der Waals surface area contributed by atoms with Gasteiger partial charge in [-0.3, -0.25) is 9.59 Å². The Kier molecular flexibility index (Phi) is 4.59. The number of imidazole rings is 1. The monoisotopic (exact) mass is 328 g/mol. The molecule has 0 N–H and O–H groups in total. The maximum Gasteiger partial charge on any atom is 0.254 e. The predicted octanol–water partition coefficient (Wildman–Crippen LogP) is 1.56. The molecule has 1 saturated heterocycles. The number of hydrogen-bond acceptors (Lipinski definition) is 5. The molecule has 0 bridgehead atoms. The number of carbonyl (C=O) groups is 2. The highest BCUT2D eigenvalue weighted by Crippen LogP contribution is 2.22. The number of carbonyl (C=O) groups excluding carboxylic acids is 2. The third-order valence-corrected chi connectivity index (χ3v) is 4.31. The number of piperidine rings is 1. The van der Waals surface area contributed by atoms with Gasteiger partial charge in [0.2, 0.25) is 11.7 Å². The molecule has 3 heterocycles. The Morgan fingerprint density at radius 3 is 2.83 bits per heavy atom. The molecule has 24 heavy (non-hydrogen) atoms. The minimum Gasteiger partial charge on any atom is -0.481 e. The van der Waals surface area contributed by atoms with Crippen LogP contribution in [0.4, 0.5) is 0 Å². The summed E-state index contributed by atoms with van der Waals surface area (Å²) in [4.78, 5) is 35.2. The van der Waals surface area contributed by atoms with Crippen molar-refractivity contribution in [2.24, 2.45) is 13.0 Å². The molecule has 0 aromatic carbocycles. The number of methoxy groups -OCH3 is 1. The summed E-state index contributed by atoms with van der Waals surface area (Å²) >= 11 is 0. The van der Waals surface area contributed by atoms with Crippen LogP contribution in [0.1, 0.15) is 33.8 Å². The lowest BCUT2D eigenvalue weighted by Gasteiger charge is -2.32. The fourth-order valence-electron chi connectivity index (χ4n) is 3.00. The van der Waals surface area contributed by atoms with Gasteiger partial charge in [0.25, 0.3) is 5.91 Å². The molecule has 126 valence electrons. The number of amides is 1. The first-order chi connectivity index (χ1) is 11.6. The van der Waals surface area contributed by atoms with Gasteiger partial charge in [-0.1, -0.05) is 0 Å². The summed E-state index contributed by atoms with van der Waals surface area (Å²) < 4.78 is 6.79. The van der Waals surface area contributed by atoms with E-state index in [1.165, 1.54) is 7.11 Å². The Morgan fingerprint density at radius 1 is 1.29 bits per heavy atom. The average Bonchev–Trinajstić information content (AvgIpc) is 3.06. The Bertz CT molecular complexity index is 756. The van der Waals surface area contributed by atoms with Crippen LogP contribution in [0.25, 0.3) is 0 Å². The molecular weight excluding hydrogens is 308 g/mol. The number of rotatable bonds is 4. The van der Waals surface area contributed by atoms with Gasteiger partial charge in [0.15, 0.2) is 5.82 Å². The summed E-state index contributed by atoms with van der Waals surface area (Å²) in [7, 11) is 3.31. The van der Waals surface area contributed by atoms with Crippen molar-refractivity contribution in [3.8, 4) is 5.88 Å². The molecular formula is C17H20N4O3. The smallest absolute Gasteiger partial charge is 0.254 e. The van der Waals surface area contributed by atoms with Gasteiger partial charge in [-0.25, -0.2) is 9.97 Å². The normalized spacial score (nSPS) is 17.6. The fourth-order valence-corrected chi connectivity index (χ4v) is 3.00. The van der Waals surface area contributed by atoms with E-state index < -0.39 is 0 Å². The average molecular weight is 328 g/mol. The highest BCUT2D eigenvalue weighted by atomic mass is 16.5. The zero-order chi connectivity index (χ0) is 17.1. The van der Waals surface area contributed by atoms with Gasteiger partial charge >= 0.3 is 0 Å². The Morgan fingerprint density at radius 2 is 2.12 bits per heavy atom. The number of ether oxygens (including phenoxy) is 1. The summed E-state index contributed by atoms with van der Waals surface area (Å²) in [5.74, 6) is 0.520. The van der Waals surface area contributed by atoms with Crippen LogP contribution >= 0.6 is 0 Å². The number of aromatic nitrogens is 3. The molecule has 1 aliphatic rings. The van der Waals surface area contributed by atoms with Gasteiger partial charge in [0, 0.05) is 56.3 Å². The van der Waals surface area contributed by atoms with Crippen molar-refractivity contribution < 1.29 is 14.3 Å².